The van der Waals surface area contributed by atoms with E-state index in [0.29, 0.717) is 24.4 Å². The van der Waals surface area contributed by atoms with Crippen LogP contribution in [0.4, 0.5) is 8.78 Å². The molecule has 0 saturated carbocycles. The zero-order valence-corrected chi connectivity index (χ0v) is 14.4. The SMILES string of the molecule is NCc1cc(C(=O)N2CCN(C(=O)c3ccccc3OC(F)F)CC2)co1. The first kappa shape index (κ1) is 18.8. The Balaban J connectivity index is 1.64. The van der Waals surface area contributed by atoms with Crippen LogP contribution in [-0.4, -0.2) is 54.4 Å². The molecule has 7 nitrogen and oxygen atoms in total. The number of amides is 2. The van der Waals surface area contributed by atoms with Crippen LogP contribution >= 0.6 is 0 Å². The lowest BCUT2D eigenvalue weighted by Crippen LogP contribution is -2.50. The van der Waals surface area contributed by atoms with E-state index < -0.39 is 12.5 Å². The third-order valence-corrected chi connectivity index (χ3v) is 4.29. The maximum Gasteiger partial charge on any atom is 0.387 e. The van der Waals surface area contributed by atoms with Crippen LogP contribution in [0.1, 0.15) is 26.5 Å². The summed E-state index contributed by atoms with van der Waals surface area (Å²) in [5, 5.41) is 0. The molecule has 2 N–H and O–H groups in total. The Bertz CT molecular complexity index is 816. The van der Waals surface area contributed by atoms with Crippen LogP contribution in [0.25, 0.3) is 0 Å². The minimum Gasteiger partial charge on any atom is -0.467 e. The van der Waals surface area contributed by atoms with Gasteiger partial charge in [0.2, 0.25) is 0 Å². The highest BCUT2D eigenvalue weighted by Gasteiger charge is 2.28. The smallest absolute Gasteiger partial charge is 0.387 e. The van der Waals surface area contributed by atoms with Gasteiger partial charge in [-0.25, -0.2) is 0 Å². The van der Waals surface area contributed by atoms with Gasteiger partial charge in [-0.2, -0.15) is 8.78 Å². The number of furan rings is 1. The van der Waals surface area contributed by atoms with Crippen molar-refractivity contribution in [3.63, 3.8) is 0 Å². The van der Waals surface area contributed by atoms with E-state index in [0.717, 1.165) is 0 Å². The molecule has 2 aromatic rings. The highest BCUT2D eigenvalue weighted by Crippen LogP contribution is 2.23. The number of halogens is 2. The van der Waals surface area contributed by atoms with Crippen molar-refractivity contribution in [3.8, 4) is 5.75 Å². The van der Waals surface area contributed by atoms with E-state index in [-0.39, 0.29) is 36.9 Å². The Hall–Kier alpha value is -2.94. The van der Waals surface area contributed by atoms with E-state index >= 15 is 0 Å². The van der Waals surface area contributed by atoms with Crippen molar-refractivity contribution < 1.29 is 27.5 Å². The third-order valence-electron chi connectivity index (χ3n) is 4.29. The zero-order valence-electron chi connectivity index (χ0n) is 14.4. The van der Waals surface area contributed by atoms with Crippen LogP contribution in [0, 0.1) is 0 Å². The molecule has 0 spiro atoms. The van der Waals surface area contributed by atoms with Crippen LogP contribution in [0.3, 0.4) is 0 Å². The van der Waals surface area contributed by atoms with Gasteiger partial charge in [-0.1, -0.05) is 12.1 Å². The molecule has 1 fully saturated rings. The molecule has 1 aliphatic heterocycles. The number of rotatable bonds is 5. The fourth-order valence-corrected chi connectivity index (χ4v) is 2.91. The fraction of sp³-hybridized carbons (Fsp3) is 0.333. The van der Waals surface area contributed by atoms with Gasteiger partial charge in [-0.3, -0.25) is 9.59 Å². The lowest BCUT2D eigenvalue weighted by molar-refractivity contribution is -0.0503. The number of nitrogens with zero attached hydrogens (tertiary/aromatic N) is 2. The van der Waals surface area contributed by atoms with E-state index in [1.54, 1.807) is 17.0 Å². The summed E-state index contributed by atoms with van der Waals surface area (Å²) in [4.78, 5) is 28.2. The summed E-state index contributed by atoms with van der Waals surface area (Å²) in [7, 11) is 0. The maximum absolute atomic E-state index is 12.7. The predicted molar refractivity (Wildman–Crippen MR) is 91.5 cm³/mol. The second kappa shape index (κ2) is 8.17. The molecule has 3 rings (SSSR count). The Morgan fingerprint density at radius 1 is 1.11 bits per heavy atom. The molecule has 1 aromatic carbocycles. The lowest BCUT2D eigenvalue weighted by Gasteiger charge is -2.34. The average Bonchev–Trinajstić information content (AvgIpc) is 3.16. The van der Waals surface area contributed by atoms with Crippen LogP contribution in [0.5, 0.6) is 5.75 Å². The van der Waals surface area contributed by atoms with Gasteiger partial charge in [0, 0.05) is 26.2 Å². The van der Waals surface area contributed by atoms with Gasteiger partial charge in [0.25, 0.3) is 11.8 Å². The molecule has 9 heteroatoms. The van der Waals surface area contributed by atoms with Crippen molar-refractivity contribution >= 4 is 11.8 Å². The minimum absolute atomic E-state index is 0.0694. The number of hydrogen-bond acceptors (Lipinski definition) is 5. The van der Waals surface area contributed by atoms with Gasteiger partial charge in [0.15, 0.2) is 0 Å². The first-order valence-corrected chi connectivity index (χ1v) is 8.39. The monoisotopic (exact) mass is 379 g/mol. The molecule has 0 radical (unpaired) electrons. The molecular formula is C18H19F2N3O4. The highest BCUT2D eigenvalue weighted by molar-refractivity contribution is 5.97. The summed E-state index contributed by atoms with van der Waals surface area (Å²) in [6, 6.07) is 7.47. The Labute approximate surface area is 154 Å². The Morgan fingerprint density at radius 2 is 1.74 bits per heavy atom. The average molecular weight is 379 g/mol. The van der Waals surface area contributed by atoms with Crippen molar-refractivity contribution in [1.82, 2.24) is 9.80 Å². The molecule has 1 aliphatic rings. The number of benzene rings is 1. The van der Waals surface area contributed by atoms with Gasteiger partial charge in [-0.15, -0.1) is 0 Å². The lowest BCUT2D eigenvalue weighted by atomic mass is 10.1. The van der Waals surface area contributed by atoms with Crippen molar-refractivity contribution in [3.05, 3.63) is 53.5 Å². The van der Waals surface area contributed by atoms with Crippen molar-refractivity contribution in [2.75, 3.05) is 26.2 Å². The minimum atomic E-state index is -3.01. The molecule has 27 heavy (non-hydrogen) atoms. The molecule has 0 aliphatic carbocycles. The molecule has 1 saturated heterocycles. The number of ether oxygens (including phenoxy) is 1. The molecule has 2 amide bonds. The predicted octanol–water partition coefficient (Wildman–Crippen LogP) is 1.94. The standard InChI is InChI=1S/C18H19F2N3O4/c19-18(20)27-15-4-2-1-3-14(15)17(25)23-7-5-22(6-8-23)16(24)12-9-13(10-21)26-11-12/h1-4,9,11,18H,5-8,10,21H2. The Kier molecular flexibility index (Phi) is 5.70. The number of carbonyl (C=O) groups is 2. The van der Waals surface area contributed by atoms with Crippen LogP contribution in [-0.2, 0) is 6.54 Å². The van der Waals surface area contributed by atoms with Gasteiger partial charge < -0.3 is 24.7 Å². The second-order valence-electron chi connectivity index (χ2n) is 5.96. The van der Waals surface area contributed by atoms with E-state index in [4.69, 9.17) is 10.2 Å². The van der Waals surface area contributed by atoms with E-state index in [9.17, 15) is 18.4 Å². The third kappa shape index (κ3) is 4.25. The van der Waals surface area contributed by atoms with E-state index in [2.05, 4.69) is 4.74 Å². The molecule has 2 heterocycles. The molecular weight excluding hydrogens is 360 g/mol. The summed E-state index contributed by atoms with van der Waals surface area (Å²) in [5.74, 6) is -0.259. The molecule has 0 bridgehead atoms. The van der Waals surface area contributed by atoms with Crippen molar-refractivity contribution in [2.45, 2.75) is 13.2 Å². The number of piperazine rings is 1. The summed E-state index contributed by atoms with van der Waals surface area (Å²) in [6.45, 7) is -1.58. The zero-order chi connectivity index (χ0) is 19.4. The van der Waals surface area contributed by atoms with Gasteiger partial charge in [0.05, 0.1) is 17.7 Å². The first-order valence-electron chi connectivity index (χ1n) is 8.39. The molecule has 0 unspecified atom stereocenters. The summed E-state index contributed by atoms with van der Waals surface area (Å²) >= 11 is 0. The van der Waals surface area contributed by atoms with Crippen LogP contribution in [0.2, 0.25) is 0 Å². The Morgan fingerprint density at radius 3 is 2.33 bits per heavy atom. The number of alkyl halides is 2. The topological polar surface area (TPSA) is 89.0 Å². The maximum atomic E-state index is 12.7. The van der Waals surface area contributed by atoms with Crippen LogP contribution in [0.15, 0.2) is 41.0 Å². The van der Waals surface area contributed by atoms with E-state index in [1.807, 2.05) is 0 Å². The molecule has 144 valence electrons. The first-order chi connectivity index (χ1) is 13.0. The van der Waals surface area contributed by atoms with Gasteiger partial charge in [-0.05, 0) is 18.2 Å². The van der Waals surface area contributed by atoms with Crippen LogP contribution < -0.4 is 10.5 Å². The molecule has 0 atom stereocenters. The quantitative estimate of drug-likeness (QED) is 0.858. The van der Waals surface area contributed by atoms with Crippen molar-refractivity contribution in [2.24, 2.45) is 5.73 Å². The number of nitrogens with two attached hydrogens (primary N) is 1. The number of para-hydroxylation sites is 1. The van der Waals surface area contributed by atoms with Gasteiger partial charge >= 0.3 is 6.61 Å². The van der Waals surface area contributed by atoms with Crippen molar-refractivity contribution in [1.29, 1.82) is 0 Å². The number of carbonyl (C=O) groups excluding carboxylic acids is 2. The molecule has 1 aromatic heterocycles. The summed E-state index contributed by atoms with van der Waals surface area (Å²) in [5.41, 5.74) is 5.95. The second-order valence-corrected chi connectivity index (χ2v) is 5.96. The summed E-state index contributed by atoms with van der Waals surface area (Å²) in [6.07, 6.45) is 1.36. The fourth-order valence-electron chi connectivity index (χ4n) is 2.91. The van der Waals surface area contributed by atoms with E-state index in [1.165, 1.54) is 29.4 Å². The normalized spacial score (nSPS) is 14.5. The largest absolute Gasteiger partial charge is 0.467 e. The summed E-state index contributed by atoms with van der Waals surface area (Å²) < 4.78 is 34.7. The highest BCUT2D eigenvalue weighted by atomic mass is 19.3. The van der Waals surface area contributed by atoms with Gasteiger partial charge in [0.1, 0.15) is 17.8 Å². The number of hydrogen-bond donors (Lipinski definition) is 1.